The Morgan fingerprint density at radius 3 is 2.87 bits per heavy atom. The van der Waals surface area contributed by atoms with Gasteiger partial charge in [0.25, 0.3) is 0 Å². The lowest BCUT2D eigenvalue weighted by Gasteiger charge is -2.40. The van der Waals surface area contributed by atoms with Crippen LogP contribution in [0, 0.1) is 5.92 Å². The van der Waals surface area contributed by atoms with E-state index < -0.39 is 0 Å². The fourth-order valence-corrected chi connectivity index (χ4v) is 5.84. The highest BCUT2D eigenvalue weighted by Crippen LogP contribution is 2.31. The van der Waals surface area contributed by atoms with Crippen LogP contribution in [0.5, 0.6) is 0 Å². The minimum atomic E-state index is 0. The summed E-state index contributed by atoms with van der Waals surface area (Å²) in [5.41, 5.74) is 1.07. The van der Waals surface area contributed by atoms with Crippen molar-refractivity contribution in [3.05, 3.63) is 24.3 Å². The average molecular weight is 473 g/mol. The number of nitrogens with one attached hydrogen (secondary N) is 1. The standard InChI is InChI=1S/C21H28N4O2S.2ClH/c26-20(15-6-7-18-17(14-15)22-8-13-27-18)24-9-3-10-25(12-11-24)21-23-16-4-1-2-5-19(16)28-21;;/h1-2,4-5,15,17-18,22H,3,6-14H2;2*1H/t15-,17+,18+;;/m0../s1. The Balaban J connectivity index is 0.00000128. The summed E-state index contributed by atoms with van der Waals surface area (Å²) in [4.78, 5) is 22.4. The van der Waals surface area contributed by atoms with E-state index in [-0.39, 0.29) is 30.7 Å². The number of benzene rings is 1. The van der Waals surface area contributed by atoms with Crippen LogP contribution in [0.2, 0.25) is 0 Å². The van der Waals surface area contributed by atoms with Crippen LogP contribution >= 0.6 is 36.2 Å². The van der Waals surface area contributed by atoms with Gasteiger partial charge in [0, 0.05) is 44.7 Å². The molecule has 1 amide bonds. The molecule has 1 aromatic heterocycles. The predicted octanol–water partition coefficient (Wildman–Crippen LogP) is 3.34. The van der Waals surface area contributed by atoms with Gasteiger partial charge in [0.1, 0.15) is 0 Å². The summed E-state index contributed by atoms with van der Waals surface area (Å²) in [6.07, 6.45) is 4.18. The second-order valence-electron chi connectivity index (χ2n) is 8.11. The fourth-order valence-electron chi connectivity index (χ4n) is 4.82. The number of ether oxygens (including phenoxy) is 1. The molecule has 5 rings (SSSR count). The molecule has 166 valence electrons. The third-order valence-electron chi connectivity index (χ3n) is 6.34. The summed E-state index contributed by atoms with van der Waals surface area (Å²) in [5, 5.41) is 4.63. The van der Waals surface area contributed by atoms with Crippen molar-refractivity contribution >= 4 is 57.4 Å². The van der Waals surface area contributed by atoms with Crippen LogP contribution in [0.1, 0.15) is 25.7 Å². The van der Waals surface area contributed by atoms with Gasteiger partial charge in [0.05, 0.1) is 22.9 Å². The van der Waals surface area contributed by atoms with Crippen molar-refractivity contribution in [3.8, 4) is 0 Å². The monoisotopic (exact) mass is 472 g/mol. The Morgan fingerprint density at radius 1 is 1.13 bits per heavy atom. The first-order valence-electron chi connectivity index (χ1n) is 10.5. The van der Waals surface area contributed by atoms with E-state index in [4.69, 9.17) is 9.72 Å². The van der Waals surface area contributed by atoms with E-state index in [1.54, 1.807) is 11.3 Å². The van der Waals surface area contributed by atoms with Gasteiger partial charge in [-0.15, -0.1) is 24.8 Å². The molecule has 1 N–H and O–H groups in total. The summed E-state index contributed by atoms with van der Waals surface area (Å²) in [6.45, 7) is 5.19. The predicted molar refractivity (Wildman–Crippen MR) is 126 cm³/mol. The van der Waals surface area contributed by atoms with Gasteiger partial charge in [-0.1, -0.05) is 23.5 Å². The Morgan fingerprint density at radius 2 is 2.00 bits per heavy atom. The van der Waals surface area contributed by atoms with Gasteiger partial charge < -0.3 is 19.9 Å². The van der Waals surface area contributed by atoms with Gasteiger partial charge in [-0.05, 0) is 37.8 Å². The average Bonchev–Trinajstić information content (AvgIpc) is 3.02. The number of amides is 1. The van der Waals surface area contributed by atoms with Crippen LogP contribution in [-0.4, -0.2) is 67.3 Å². The normalized spacial score (nSPS) is 26.9. The van der Waals surface area contributed by atoms with Crippen molar-refractivity contribution in [1.29, 1.82) is 0 Å². The van der Waals surface area contributed by atoms with Crippen LogP contribution in [0.3, 0.4) is 0 Å². The molecule has 1 aliphatic carbocycles. The Labute approximate surface area is 194 Å². The number of carbonyl (C=O) groups excluding carboxylic acids is 1. The third-order valence-corrected chi connectivity index (χ3v) is 7.43. The number of aromatic nitrogens is 1. The lowest BCUT2D eigenvalue weighted by molar-refractivity contribution is -0.138. The Kier molecular flexibility index (Phi) is 8.21. The van der Waals surface area contributed by atoms with Crippen LogP contribution < -0.4 is 10.2 Å². The van der Waals surface area contributed by atoms with E-state index in [2.05, 4.69) is 33.3 Å². The molecule has 30 heavy (non-hydrogen) atoms. The summed E-state index contributed by atoms with van der Waals surface area (Å²) in [7, 11) is 0. The molecular weight excluding hydrogens is 443 g/mol. The molecule has 2 aromatic rings. The molecule has 3 atom stereocenters. The molecule has 2 aliphatic heterocycles. The number of carbonyl (C=O) groups is 1. The van der Waals surface area contributed by atoms with E-state index in [0.29, 0.717) is 18.1 Å². The smallest absolute Gasteiger partial charge is 0.225 e. The zero-order valence-corrected chi connectivity index (χ0v) is 19.4. The molecule has 2 saturated heterocycles. The quantitative estimate of drug-likeness (QED) is 0.725. The van der Waals surface area contributed by atoms with E-state index in [1.165, 1.54) is 4.70 Å². The van der Waals surface area contributed by atoms with E-state index in [1.807, 2.05) is 6.07 Å². The first kappa shape index (κ1) is 23.5. The number of para-hydroxylation sites is 1. The molecule has 0 radical (unpaired) electrons. The zero-order chi connectivity index (χ0) is 18.9. The second-order valence-corrected chi connectivity index (χ2v) is 9.12. The maximum absolute atomic E-state index is 13.2. The highest BCUT2D eigenvalue weighted by molar-refractivity contribution is 7.22. The van der Waals surface area contributed by atoms with Gasteiger partial charge in [-0.25, -0.2) is 4.98 Å². The lowest BCUT2D eigenvalue weighted by Crippen LogP contribution is -2.53. The molecule has 0 spiro atoms. The zero-order valence-electron chi connectivity index (χ0n) is 17.0. The van der Waals surface area contributed by atoms with Crippen LogP contribution in [0.25, 0.3) is 10.2 Å². The van der Waals surface area contributed by atoms with Crippen LogP contribution in [0.4, 0.5) is 5.13 Å². The molecule has 6 nitrogen and oxygen atoms in total. The number of halogens is 2. The molecular formula is C21H30Cl2N4O2S. The molecule has 0 bridgehead atoms. The number of hydrogen-bond acceptors (Lipinski definition) is 6. The van der Waals surface area contributed by atoms with Crippen molar-refractivity contribution in [2.75, 3.05) is 44.2 Å². The molecule has 1 saturated carbocycles. The van der Waals surface area contributed by atoms with Crippen molar-refractivity contribution in [3.63, 3.8) is 0 Å². The second kappa shape index (κ2) is 10.5. The first-order valence-corrected chi connectivity index (χ1v) is 11.3. The van der Waals surface area contributed by atoms with Crippen molar-refractivity contribution in [2.45, 2.75) is 37.8 Å². The maximum atomic E-state index is 13.2. The Hall–Kier alpha value is -1.12. The van der Waals surface area contributed by atoms with Gasteiger partial charge in [0.15, 0.2) is 5.13 Å². The SMILES string of the molecule is Cl.Cl.O=C([C@H]1CC[C@H]2OCCN[C@@H]2C1)N1CCCN(c2nc3ccccc3s2)CC1. The number of thiazole rings is 1. The number of fused-ring (bicyclic) bond motifs is 2. The summed E-state index contributed by atoms with van der Waals surface area (Å²) in [6, 6.07) is 8.65. The van der Waals surface area contributed by atoms with Gasteiger partial charge in [-0.3, -0.25) is 4.79 Å². The van der Waals surface area contributed by atoms with Crippen LogP contribution in [-0.2, 0) is 9.53 Å². The van der Waals surface area contributed by atoms with E-state index in [0.717, 1.165) is 75.7 Å². The molecule has 3 fully saturated rings. The number of rotatable bonds is 2. The molecule has 3 heterocycles. The van der Waals surface area contributed by atoms with Crippen molar-refractivity contribution in [1.82, 2.24) is 15.2 Å². The fraction of sp³-hybridized carbons (Fsp3) is 0.619. The number of hydrogen-bond donors (Lipinski definition) is 1. The largest absolute Gasteiger partial charge is 0.375 e. The highest BCUT2D eigenvalue weighted by atomic mass is 35.5. The van der Waals surface area contributed by atoms with E-state index in [9.17, 15) is 4.79 Å². The number of nitrogens with zero attached hydrogens (tertiary/aromatic N) is 3. The lowest BCUT2D eigenvalue weighted by atomic mass is 9.82. The summed E-state index contributed by atoms with van der Waals surface area (Å²) in [5.74, 6) is 0.487. The third kappa shape index (κ3) is 4.86. The maximum Gasteiger partial charge on any atom is 0.225 e. The number of morpholine rings is 1. The minimum Gasteiger partial charge on any atom is -0.375 e. The van der Waals surface area contributed by atoms with Crippen molar-refractivity contribution in [2.24, 2.45) is 5.92 Å². The molecule has 9 heteroatoms. The Bertz CT molecular complexity index is 818. The highest BCUT2D eigenvalue weighted by Gasteiger charge is 2.37. The number of anilines is 1. The first-order chi connectivity index (χ1) is 13.8. The van der Waals surface area contributed by atoms with Gasteiger partial charge >= 0.3 is 0 Å². The van der Waals surface area contributed by atoms with Crippen LogP contribution in [0.15, 0.2) is 24.3 Å². The molecule has 0 unspecified atom stereocenters. The summed E-state index contributed by atoms with van der Waals surface area (Å²) >= 11 is 1.75. The van der Waals surface area contributed by atoms with Crippen molar-refractivity contribution < 1.29 is 9.53 Å². The molecule has 1 aromatic carbocycles. The van der Waals surface area contributed by atoms with Gasteiger partial charge in [-0.2, -0.15) is 0 Å². The summed E-state index contributed by atoms with van der Waals surface area (Å²) < 4.78 is 7.09. The van der Waals surface area contributed by atoms with Gasteiger partial charge in [0.2, 0.25) is 5.91 Å². The van der Waals surface area contributed by atoms with E-state index >= 15 is 0 Å². The topological polar surface area (TPSA) is 57.7 Å². The molecule has 3 aliphatic rings. The minimum absolute atomic E-state index is 0.